The summed E-state index contributed by atoms with van der Waals surface area (Å²) in [6, 6.07) is 4.27. The van der Waals surface area contributed by atoms with Crippen molar-refractivity contribution in [3.63, 3.8) is 0 Å². The average Bonchev–Trinajstić information content (AvgIpc) is 2.87. The Hall–Kier alpha value is -1.51. The van der Waals surface area contributed by atoms with Crippen molar-refractivity contribution in [2.45, 2.75) is 44.7 Å². The first kappa shape index (κ1) is 11.6. The van der Waals surface area contributed by atoms with Crippen molar-refractivity contribution in [2.75, 3.05) is 0 Å². The van der Waals surface area contributed by atoms with Gasteiger partial charge in [0.2, 0.25) is 5.91 Å². The van der Waals surface area contributed by atoms with Crippen LogP contribution in [0.5, 0.6) is 0 Å². The van der Waals surface area contributed by atoms with E-state index in [-0.39, 0.29) is 5.91 Å². The normalized spacial score (nSPS) is 22.3. The number of carbonyl (C=O) groups is 1. The second-order valence-electron chi connectivity index (χ2n) is 5.30. The molecule has 1 fully saturated rings. The van der Waals surface area contributed by atoms with E-state index in [0.29, 0.717) is 24.9 Å². The summed E-state index contributed by atoms with van der Waals surface area (Å²) in [6.07, 6.45) is 11.3. The molecule has 1 amide bonds. The number of hydrogen-bond donors (Lipinski definition) is 0. The van der Waals surface area contributed by atoms with E-state index >= 15 is 0 Å². The second-order valence-corrected chi connectivity index (χ2v) is 5.30. The van der Waals surface area contributed by atoms with Crippen LogP contribution in [-0.4, -0.2) is 16.8 Å². The second kappa shape index (κ2) is 5.01. The Kier molecular flexibility index (Phi) is 3.22. The molecule has 1 aromatic rings. The van der Waals surface area contributed by atoms with Crippen LogP contribution >= 0.6 is 0 Å². The Morgan fingerprint density at radius 3 is 2.89 bits per heavy atom. The lowest BCUT2D eigenvalue weighted by atomic mass is 10.0. The summed E-state index contributed by atoms with van der Waals surface area (Å²) in [5.41, 5.74) is 0. The van der Waals surface area contributed by atoms with Gasteiger partial charge in [0, 0.05) is 12.5 Å². The van der Waals surface area contributed by atoms with Gasteiger partial charge in [-0.1, -0.05) is 12.2 Å². The van der Waals surface area contributed by atoms with Crippen LogP contribution in [0.4, 0.5) is 0 Å². The number of allylic oxidation sites excluding steroid dienone is 2. The standard InChI is InChI=1S/C15H19NO2/c17-15(10-12-4-1-2-5-12)16(13-7-8-13)11-14-6-3-9-18-14/h1,3-4,6,9,12-13H,2,5,7-8,10-11H2/t12-/m0/s1. The molecule has 0 saturated heterocycles. The van der Waals surface area contributed by atoms with E-state index in [1.54, 1.807) is 6.26 Å². The molecular formula is C15H19NO2. The number of nitrogens with zero attached hydrogens (tertiary/aromatic N) is 1. The number of amides is 1. The van der Waals surface area contributed by atoms with E-state index in [1.165, 1.54) is 0 Å². The van der Waals surface area contributed by atoms with Gasteiger partial charge in [0.25, 0.3) is 0 Å². The molecule has 0 unspecified atom stereocenters. The summed E-state index contributed by atoms with van der Waals surface area (Å²) >= 11 is 0. The Morgan fingerprint density at radius 1 is 1.39 bits per heavy atom. The minimum absolute atomic E-state index is 0.283. The smallest absolute Gasteiger partial charge is 0.223 e. The molecule has 3 nitrogen and oxygen atoms in total. The van der Waals surface area contributed by atoms with Gasteiger partial charge in [-0.25, -0.2) is 0 Å². The molecular weight excluding hydrogens is 226 g/mol. The largest absolute Gasteiger partial charge is 0.467 e. The fourth-order valence-electron chi connectivity index (χ4n) is 2.58. The molecule has 0 aliphatic heterocycles. The molecule has 3 rings (SSSR count). The Balaban J connectivity index is 1.61. The van der Waals surface area contributed by atoms with Crippen LogP contribution in [0.25, 0.3) is 0 Å². The highest BCUT2D eigenvalue weighted by Gasteiger charge is 2.33. The van der Waals surface area contributed by atoms with Crippen LogP contribution in [-0.2, 0) is 11.3 Å². The summed E-state index contributed by atoms with van der Waals surface area (Å²) in [5.74, 6) is 1.62. The third-order valence-corrected chi connectivity index (χ3v) is 3.76. The van der Waals surface area contributed by atoms with Crippen LogP contribution in [0.15, 0.2) is 35.0 Å². The molecule has 1 aromatic heterocycles. The molecule has 1 heterocycles. The van der Waals surface area contributed by atoms with Gasteiger partial charge in [-0.05, 0) is 43.7 Å². The van der Waals surface area contributed by atoms with Gasteiger partial charge in [0.05, 0.1) is 12.8 Å². The zero-order valence-corrected chi connectivity index (χ0v) is 10.5. The SMILES string of the molecule is O=C(C[C@H]1C=CCC1)N(Cc1ccco1)C1CC1. The maximum atomic E-state index is 12.4. The number of rotatable bonds is 5. The fourth-order valence-corrected chi connectivity index (χ4v) is 2.58. The molecule has 0 spiro atoms. The van der Waals surface area contributed by atoms with E-state index in [9.17, 15) is 4.79 Å². The molecule has 1 saturated carbocycles. The van der Waals surface area contributed by atoms with Gasteiger partial charge in [-0.15, -0.1) is 0 Å². The maximum Gasteiger partial charge on any atom is 0.223 e. The zero-order chi connectivity index (χ0) is 12.4. The highest BCUT2D eigenvalue weighted by molar-refractivity contribution is 5.77. The third-order valence-electron chi connectivity index (χ3n) is 3.76. The van der Waals surface area contributed by atoms with Crippen LogP contribution in [0, 0.1) is 5.92 Å². The van der Waals surface area contributed by atoms with Crippen LogP contribution in [0.1, 0.15) is 37.9 Å². The maximum absolute atomic E-state index is 12.4. The van der Waals surface area contributed by atoms with Crippen molar-refractivity contribution >= 4 is 5.91 Å². The summed E-state index contributed by atoms with van der Waals surface area (Å²) in [5, 5.41) is 0. The lowest BCUT2D eigenvalue weighted by Gasteiger charge is -2.22. The van der Waals surface area contributed by atoms with Crippen molar-refractivity contribution < 1.29 is 9.21 Å². The van der Waals surface area contributed by atoms with Crippen molar-refractivity contribution in [2.24, 2.45) is 5.92 Å². The van der Waals surface area contributed by atoms with Gasteiger partial charge in [0.15, 0.2) is 0 Å². The molecule has 0 radical (unpaired) electrons. The number of furan rings is 1. The highest BCUT2D eigenvalue weighted by atomic mass is 16.3. The van der Waals surface area contributed by atoms with Gasteiger partial charge < -0.3 is 9.32 Å². The van der Waals surface area contributed by atoms with E-state index in [1.807, 2.05) is 17.0 Å². The minimum Gasteiger partial charge on any atom is -0.467 e. The molecule has 2 aliphatic rings. The van der Waals surface area contributed by atoms with Crippen molar-refractivity contribution in [1.29, 1.82) is 0 Å². The van der Waals surface area contributed by atoms with Gasteiger partial charge in [0.1, 0.15) is 5.76 Å². The van der Waals surface area contributed by atoms with Crippen LogP contribution in [0.2, 0.25) is 0 Å². The number of hydrogen-bond acceptors (Lipinski definition) is 2. The van der Waals surface area contributed by atoms with Gasteiger partial charge in [-0.2, -0.15) is 0 Å². The molecule has 96 valence electrons. The van der Waals surface area contributed by atoms with E-state index < -0.39 is 0 Å². The lowest BCUT2D eigenvalue weighted by molar-refractivity contribution is -0.133. The summed E-state index contributed by atoms with van der Waals surface area (Å²) in [7, 11) is 0. The molecule has 18 heavy (non-hydrogen) atoms. The molecule has 0 aromatic carbocycles. The third kappa shape index (κ3) is 2.66. The Morgan fingerprint density at radius 2 is 2.28 bits per heavy atom. The van der Waals surface area contributed by atoms with E-state index in [4.69, 9.17) is 4.42 Å². The molecule has 0 N–H and O–H groups in total. The topological polar surface area (TPSA) is 33.5 Å². The monoisotopic (exact) mass is 245 g/mol. The van der Waals surface area contributed by atoms with Gasteiger partial charge in [-0.3, -0.25) is 4.79 Å². The highest BCUT2D eigenvalue weighted by Crippen LogP contribution is 2.31. The molecule has 1 atom stereocenters. The Labute approximate surface area is 107 Å². The average molecular weight is 245 g/mol. The molecule has 2 aliphatic carbocycles. The van der Waals surface area contributed by atoms with E-state index in [2.05, 4.69) is 12.2 Å². The lowest BCUT2D eigenvalue weighted by Crippen LogP contribution is -2.33. The predicted octanol–water partition coefficient (Wildman–Crippen LogP) is 3.13. The van der Waals surface area contributed by atoms with Gasteiger partial charge >= 0.3 is 0 Å². The van der Waals surface area contributed by atoms with Crippen LogP contribution < -0.4 is 0 Å². The summed E-state index contributed by atoms with van der Waals surface area (Å²) < 4.78 is 5.35. The van der Waals surface area contributed by atoms with Crippen molar-refractivity contribution in [3.8, 4) is 0 Å². The first-order chi connectivity index (χ1) is 8.83. The molecule has 0 bridgehead atoms. The Bertz CT molecular complexity index is 431. The first-order valence-corrected chi connectivity index (χ1v) is 6.81. The quantitative estimate of drug-likeness (QED) is 0.747. The zero-order valence-electron chi connectivity index (χ0n) is 10.5. The molecule has 3 heteroatoms. The van der Waals surface area contributed by atoms with E-state index in [0.717, 1.165) is 31.4 Å². The number of carbonyl (C=O) groups excluding carboxylic acids is 1. The van der Waals surface area contributed by atoms with Crippen molar-refractivity contribution in [1.82, 2.24) is 4.90 Å². The first-order valence-electron chi connectivity index (χ1n) is 6.81. The summed E-state index contributed by atoms with van der Waals surface area (Å²) in [6.45, 7) is 0.632. The fraction of sp³-hybridized carbons (Fsp3) is 0.533. The van der Waals surface area contributed by atoms with Crippen LogP contribution in [0.3, 0.4) is 0 Å². The van der Waals surface area contributed by atoms with Crippen molar-refractivity contribution in [3.05, 3.63) is 36.3 Å². The summed E-state index contributed by atoms with van der Waals surface area (Å²) in [4.78, 5) is 14.4. The predicted molar refractivity (Wildman–Crippen MR) is 68.8 cm³/mol. The minimum atomic E-state index is 0.283.